The van der Waals surface area contributed by atoms with Crippen LogP contribution in [0.1, 0.15) is 48.6 Å². The van der Waals surface area contributed by atoms with Gasteiger partial charge >= 0.3 is 0 Å². The molecule has 4 rings (SSSR count). The zero-order valence-corrected chi connectivity index (χ0v) is 15.2. The van der Waals surface area contributed by atoms with E-state index in [-0.39, 0.29) is 11.1 Å². The van der Waals surface area contributed by atoms with Crippen LogP contribution in [0.4, 0.5) is 8.78 Å². The Kier molecular flexibility index (Phi) is 4.27. The maximum absolute atomic E-state index is 14.6. The van der Waals surface area contributed by atoms with E-state index in [1.807, 2.05) is 0 Å². The quantitative estimate of drug-likeness (QED) is 0.712. The van der Waals surface area contributed by atoms with Gasteiger partial charge in [0.1, 0.15) is 11.6 Å². The van der Waals surface area contributed by atoms with Crippen molar-refractivity contribution in [2.24, 2.45) is 10.8 Å². The van der Waals surface area contributed by atoms with Crippen molar-refractivity contribution in [3.8, 4) is 12.1 Å². The minimum Gasteiger partial charge on any atom is -0.298 e. The van der Waals surface area contributed by atoms with E-state index < -0.39 is 40.1 Å². The number of carbonyl (C=O) groups excluding carboxylic acids is 1. The number of benzene rings is 2. The van der Waals surface area contributed by atoms with E-state index in [0.29, 0.717) is 25.7 Å². The molecular weight excluding hydrogens is 358 g/mol. The molecule has 0 bridgehead atoms. The van der Waals surface area contributed by atoms with Gasteiger partial charge in [0.05, 0.1) is 34.8 Å². The van der Waals surface area contributed by atoms with E-state index in [9.17, 15) is 24.1 Å². The van der Waals surface area contributed by atoms with Crippen molar-refractivity contribution in [2.75, 3.05) is 0 Å². The van der Waals surface area contributed by atoms with Crippen LogP contribution < -0.4 is 0 Å². The first-order valence-electron chi connectivity index (χ1n) is 9.33. The minimum absolute atomic E-state index is 0.154. The van der Waals surface area contributed by atoms with Gasteiger partial charge in [-0.2, -0.15) is 10.5 Å². The monoisotopic (exact) mass is 376 g/mol. The van der Waals surface area contributed by atoms with Gasteiger partial charge in [-0.3, -0.25) is 4.79 Å². The molecule has 2 fully saturated rings. The molecule has 0 amide bonds. The molecule has 5 heteroatoms. The minimum atomic E-state index is -1.02. The highest BCUT2D eigenvalue weighted by molar-refractivity contribution is 5.95. The number of carbonyl (C=O) groups is 1. The van der Waals surface area contributed by atoms with E-state index in [2.05, 4.69) is 12.1 Å². The van der Waals surface area contributed by atoms with Gasteiger partial charge in [-0.05, 0) is 48.9 Å². The van der Waals surface area contributed by atoms with Gasteiger partial charge in [-0.15, -0.1) is 0 Å². The average molecular weight is 376 g/mol. The molecular formula is C23H18F2N2O. The maximum atomic E-state index is 14.6. The Morgan fingerprint density at radius 1 is 0.786 bits per heavy atom. The Morgan fingerprint density at radius 3 is 1.43 bits per heavy atom. The topological polar surface area (TPSA) is 64.7 Å². The van der Waals surface area contributed by atoms with Crippen molar-refractivity contribution in [1.82, 2.24) is 0 Å². The summed E-state index contributed by atoms with van der Waals surface area (Å²) in [4.78, 5) is 13.8. The molecule has 2 saturated carbocycles. The predicted molar refractivity (Wildman–Crippen MR) is 97.8 cm³/mol. The lowest BCUT2D eigenvalue weighted by Gasteiger charge is -2.29. The van der Waals surface area contributed by atoms with E-state index in [4.69, 9.17) is 0 Å². The van der Waals surface area contributed by atoms with Crippen LogP contribution in [-0.4, -0.2) is 5.78 Å². The van der Waals surface area contributed by atoms with E-state index in [0.717, 1.165) is 0 Å². The summed E-state index contributed by atoms with van der Waals surface area (Å²) in [5.74, 6) is -3.59. The van der Waals surface area contributed by atoms with Crippen molar-refractivity contribution in [2.45, 2.75) is 37.5 Å². The van der Waals surface area contributed by atoms with Gasteiger partial charge in [0.2, 0.25) is 0 Å². The van der Waals surface area contributed by atoms with Crippen LogP contribution >= 0.6 is 0 Å². The molecule has 0 N–H and O–H groups in total. The van der Waals surface area contributed by atoms with Crippen LogP contribution in [0.5, 0.6) is 0 Å². The summed E-state index contributed by atoms with van der Waals surface area (Å²) in [6.07, 6.45) is 1.94. The molecule has 2 atom stereocenters. The van der Waals surface area contributed by atoms with Crippen LogP contribution in [0.25, 0.3) is 0 Å². The van der Waals surface area contributed by atoms with Crippen LogP contribution in [0.3, 0.4) is 0 Å². The van der Waals surface area contributed by atoms with Crippen LogP contribution in [0, 0.1) is 45.1 Å². The first kappa shape index (κ1) is 18.3. The van der Waals surface area contributed by atoms with Crippen LogP contribution in [0.2, 0.25) is 0 Å². The Morgan fingerprint density at radius 2 is 1.14 bits per heavy atom. The van der Waals surface area contributed by atoms with Gasteiger partial charge in [-0.1, -0.05) is 36.4 Å². The summed E-state index contributed by atoms with van der Waals surface area (Å²) in [6, 6.07) is 16.3. The fraction of sp³-hybridized carbons (Fsp3) is 0.348. The van der Waals surface area contributed by atoms with Gasteiger partial charge < -0.3 is 0 Å². The van der Waals surface area contributed by atoms with E-state index >= 15 is 0 Å². The molecule has 0 heterocycles. The maximum Gasteiger partial charge on any atom is 0.151 e. The fourth-order valence-electron chi connectivity index (χ4n) is 4.23. The Balaban J connectivity index is 1.87. The number of hydrogen-bond donors (Lipinski definition) is 0. The molecule has 2 aromatic rings. The highest BCUT2D eigenvalue weighted by atomic mass is 19.1. The summed E-state index contributed by atoms with van der Waals surface area (Å²) < 4.78 is 29.3. The largest absolute Gasteiger partial charge is 0.298 e. The lowest BCUT2D eigenvalue weighted by Crippen LogP contribution is -2.33. The number of halogens is 2. The summed E-state index contributed by atoms with van der Waals surface area (Å²) >= 11 is 0. The van der Waals surface area contributed by atoms with Gasteiger partial charge in [0, 0.05) is 0 Å². The second kappa shape index (κ2) is 6.53. The fourth-order valence-corrected chi connectivity index (χ4v) is 4.23. The molecule has 0 radical (unpaired) electrons. The highest BCUT2D eigenvalue weighted by Crippen LogP contribution is 2.62. The second-order valence-electron chi connectivity index (χ2n) is 7.85. The summed E-state index contributed by atoms with van der Waals surface area (Å²) in [5, 5.41) is 19.5. The standard InChI is InChI=1S/C23H18F2N2O/c24-17-7-3-1-5-15(17)19(22(13-26)9-10-22)21(28)20(23(14-27)11-12-23)16-6-2-4-8-18(16)25/h1-8,19-20H,9-12H2. The molecule has 2 aromatic carbocycles. The number of rotatable bonds is 6. The van der Waals surface area contributed by atoms with Gasteiger partial charge in [-0.25, -0.2) is 8.78 Å². The lowest BCUT2D eigenvalue weighted by atomic mass is 9.70. The van der Waals surface area contributed by atoms with Crippen molar-refractivity contribution in [3.63, 3.8) is 0 Å². The Bertz CT molecular complexity index is 944. The van der Waals surface area contributed by atoms with E-state index in [1.54, 1.807) is 12.1 Å². The van der Waals surface area contributed by atoms with Crippen LogP contribution in [-0.2, 0) is 4.79 Å². The SMILES string of the molecule is N#CC1(C(C(=O)C(c2ccccc2F)C2(C#N)CC2)c2ccccc2F)CC1. The van der Waals surface area contributed by atoms with Gasteiger partial charge in [0.15, 0.2) is 5.78 Å². The van der Waals surface area contributed by atoms with Crippen molar-refractivity contribution in [1.29, 1.82) is 10.5 Å². The highest BCUT2D eigenvalue weighted by Gasteiger charge is 2.61. The molecule has 140 valence electrons. The number of ketones is 1. The number of hydrogen-bond acceptors (Lipinski definition) is 3. The van der Waals surface area contributed by atoms with Crippen molar-refractivity contribution >= 4 is 5.78 Å². The van der Waals surface area contributed by atoms with Crippen molar-refractivity contribution < 1.29 is 13.6 Å². The Hall–Kier alpha value is -3.05. The molecule has 0 aliphatic heterocycles. The molecule has 0 spiro atoms. The summed E-state index contributed by atoms with van der Waals surface area (Å²) in [7, 11) is 0. The molecule has 2 unspecified atom stereocenters. The first-order chi connectivity index (χ1) is 13.5. The molecule has 0 saturated heterocycles. The number of nitrogens with zero attached hydrogens (tertiary/aromatic N) is 2. The molecule has 28 heavy (non-hydrogen) atoms. The summed E-state index contributed by atoms with van der Waals surface area (Å²) in [5.41, 5.74) is -1.67. The van der Waals surface area contributed by atoms with Crippen molar-refractivity contribution in [3.05, 3.63) is 71.3 Å². The van der Waals surface area contributed by atoms with Gasteiger partial charge in [0.25, 0.3) is 0 Å². The third kappa shape index (κ3) is 2.79. The molecule has 2 aliphatic carbocycles. The zero-order valence-electron chi connectivity index (χ0n) is 15.2. The molecule has 0 aromatic heterocycles. The first-order valence-corrected chi connectivity index (χ1v) is 9.33. The second-order valence-corrected chi connectivity index (χ2v) is 7.85. The Labute approximate surface area is 162 Å². The molecule has 3 nitrogen and oxygen atoms in total. The average Bonchev–Trinajstić information content (AvgIpc) is 3.62. The van der Waals surface area contributed by atoms with E-state index in [1.165, 1.54) is 36.4 Å². The van der Waals surface area contributed by atoms with Crippen LogP contribution in [0.15, 0.2) is 48.5 Å². The third-order valence-corrected chi connectivity index (χ3v) is 6.13. The lowest BCUT2D eigenvalue weighted by molar-refractivity contribution is -0.124. The molecule has 2 aliphatic rings. The normalized spacial score (nSPS) is 20.3. The third-order valence-electron chi connectivity index (χ3n) is 6.13. The zero-order chi connectivity index (χ0) is 19.9. The predicted octanol–water partition coefficient (Wildman–Crippen LogP) is 5.01. The number of Topliss-reactive ketones (excluding diaryl/α,β-unsaturated/α-hetero) is 1. The summed E-state index contributed by atoms with van der Waals surface area (Å²) in [6.45, 7) is 0. The number of nitriles is 2. The smallest absolute Gasteiger partial charge is 0.151 e.